The maximum atomic E-state index is 6.96. The molecule has 0 N–H and O–H groups in total. The van der Waals surface area contributed by atoms with Crippen molar-refractivity contribution in [1.82, 2.24) is 9.97 Å². The lowest BCUT2D eigenvalue weighted by atomic mass is 9.94. The fourth-order valence-electron chi connectivity index (χ4n) is 15.5. The normalized spacial score (nSPS) is 11.7. The number of furan rings is 3. The second-order valence-corrected chi connectivity index (χ2v) is 29.1. The summed E-state index contributed by atoms with van der Waals surface area (Å²) in [7, 11) is 0. The van der Waals surface area contributed by atoms with Crippen molar-refractivity contribution >= 4 is 143 Å². The Kier molecular flexibility index (Phi) is 14.8. The van der Waals surface area contributed by atoms with E-state index in [1.165, 1.54) is 22.3 Å². The highest BCUT2D eigenvalue weighted by Gasteiger charge is 2.25. The molecule has 0 radical (unpaired) electrons. The standard InChI is InChI=1S/C98H60N4O3S2/c1-5-16-61(17-6-1)63-28-30-64(31-29-63)66-34-43-77(44-35-66)102(73-24-11-4-12-25-73)78-49-51-81-89(60-78)103-86-56-57-90-94(92(81)86)100-98(106-90)83-53-52-79(91-80-26-13-14-27-85(80)105-95(83)91)72-23-15-22-70(58-72)67-36-45-75(46-37-67)101(74-41-32-65(33-42-74)62-18-7-2-8-19-62)76-47-38-68(39-48-76)71-40-50-82-88(59-71)104-87-55-54-84-96(93(82)87)107-97(99-84)69-20-9-3-10-21-69/h1-60H. The van der Waals surface area contributed by atoms with E-state index >= 15 is 0 Å². The number of hydrogen-bond acceptors (Lipinski definition) is 9. The number of rotatable bonds is 14. The number of hydrogen-bond donors (Lipinski definition) is 0. The second kappa shape index (κ2) is 25.6. The number of aromatic nitrogens is 2. The molecule has 107 heavy (non-hydrogen) atoms. The van der Waals surface area contributed by atoms with Crippen molar-refractivity contribution < 1.29 is 13.3 Å². The molecule has 9 heteroatoms. The third-order valence-corrected chi connectivity index (χ3v) is 23.0. The molecule has 0 fully saturated rings. The smallest absolute Gasteiger partial charge is 0.146 e. The molecule has 0 aliphatic heterocycles. The number of thiazole rings is 2. The monoisotopic (exact) mass is 1400 g/mol. The summed E-state index contributed by atoms with van der Waals surface area (Å²) in [6.45, 7) is 0. The van der Waals surface area contributed by atoms with Gasteiger partial charge in [0, 0.05) is 72.7 Å². The Hall–Kier alpha value is -13.7. The molecule has 0 unspecified atom stereocenters. The summed E-state index contributed by atoms with van der Waals surface area (Å²) in [6.07, 6.45) is 0. The average Bonchev–Trinajstić information content (AvgIpc) is 1.60. The molecule has 5 heterocycles. The lowest BCUT2D eigenvalue weighted by molar-refractivity contribution is 0.669. The van der Waals surface area contributed by atoms with Gasteiger partial charge in [-0.05, 0) is 194 Å². The zero-order valence-corrected chi connectivity index (χ0v) is 59.1. The number of benzene rings is 16. The van der Waals surface area contributed by atoms with Gasteiger partial charge >= 0.3 is 0 Å². The minimum absolute atomic E-state index is 0.789. The van der Waals surface area contributed by atoms with Crippen LogP contribution in [0.25, 0.3) is 174 Å². The molecular weight excluding hydrogens is 1350 g/mol. The number of para-hydroxylation sites is 2. The Morgan fingerprint density at radius 1 is 0.234 bits per heavy atom. The van der Waals surface area contributed by atoms with Crippen molar-refractivity contribution in [1.29, 1.82) is 0 Å². The molecule has 5 aromatic heterocycles. The van der Waals surface area contributed by atoms with Crippen LogP contribution < -0.4 is 9.80 Å². The zero-order chi connectivity index (χ0) is 70.5. The summed E-state index contributed by atoms with van der Waals surface area (Å²) >= 11 is 3.39. The minimum atomic E-state index is 0.789. The van der Waals surface area contributed by atoms with Gasteiger partial charge in [0.1, 0.15) is 43.5 Å². The van der Waals surface area contributed by atoms with Gasteiger partial charge in [0.25, 0.3) is 0 Å². The molecule has 0 bridgehead atoms. The summed E-state index contributed by atoms with van der Waals surface area (Å²) < 4.78 is 22.6. The fourth-order valence-corrected chi connectivity index (χ4v) is 17.6. The van der Waals surface area contributed by atoms with Crippen molar-refractivity contribution in [3.05, 3.63) is 364 Å². The summed E-state index contributed by atoms with van der Waals surface area (Å²) in [5.74, 6) is 0. The summed E-state index contributed by atoms with van der Waals surface area (Å²) in [5.41, 5.74) is 28.7. The van der Waals surface area contributed by atoms with Gasteiger partial charge in [-0.3, -0.25) is 0 Å². The topological polar surface area (TPSA) is 71.7 Å². The number of anilines is 6. The van der Waals surface area contributed by atoms with Gasteiger partial charge in [-0.2, -0.15) is 0 Å². The van der Waals surface area contributed by atoms with Gasteiger partial charge in [0.15, 0.2) is 0 Å². The van der Waals surface area contributed by atoms with Crippen LogP contribution in [-0.4, -0.2) is 9.97 Å². The molecule has 7 nitrogen and oxygen atoms in total. The van der Waals surface area contributed by atoms with Crippen molar-refractivity contribution in [2.75, 3.05) is 9.80 Å². The van der Waals surface area contributed by atoms with E-state index in [1.54, 1.807) is 22.7 Å². The van der Waals surface area contributed by atoms with Crippen LogP contribution in [0, 0.1) is 0 Å². The maximum absolute atomic E-state index is 6.96. The highest BCUT2D eigenvalue weighted by Crippen LogP contribution is 2.49. The van der Waals surface area contributed by atoms with Gasteiger partial charge in [0.05, 0.1) is 31.4 Å². The highest BCUT2D eigenvalue weighted by molar-refractivity contribution is 7.23. The van der Waals surface area contributed by atoms with E-state index in [4.69, 9.17) is 23.2 Å². The van der Waals surface area contributed by atoms with Crippen LogP contribution in [0.1, 0.15) is 0 Å². The fraction of sp³-hybridized carbons (Fsp3) is 0. The van der Waals surface area contributed by atoms with Gasteiger partial charge in [-0.25, -0.2) is 9.97 Å². The van der Waals surface area contributed by atoms with Crippen molar-refractivity contribution in [3.63, 3.8) is 0 Å². The molecule has 0 aliphatic carbocycles. The third kappa shape index (κ3) is 10.9. The summed E-state index contributed by atoms with van der Waals surface area (Å²) in [6, 6.07) is 129. The van der Waals surface area contributed by atoms with E-state index in [-0.39, 0.29) is 0 Å². The molecule has 16 aromatic carbocycles. The van der Waals surface area contributed by atoms with E-state index in [2.05, 4.69) is 362 Å². The van der Waals surface area contributed by atoms with Crippen LogP contribution in [-0.2, 0) is 0 Å². The largest absolute Gasteiger partial charge is 0.456 e. The predicted molar refractivity (Wildman–Crippen MR) is 447 cm³/mol. The van der Waals surface area contributed by atoms with Crippen molar-refractivity contribution in [3.8, 4) is 87.9 Å². The SMILES string of the molecule is c1ccc(-c2ccc(-c3ccc(N(c4ccccc4)c4ccc5c(c4)oc4ccc6sc(-c7ccc(-c8cccc(-c9ccc(N(c%10ccc(-c%11ccccc%11)cc%10)c%10ccc(-c%11ccc%12c(c%11)oc%11ccc%13nc(-c%14ccccc%14)sc%13c%11%12)cc%10)cc9)c8)c8c7oc7ccccc78)nc6c45)cc3)cc2)cc1. The van der Waals surface area contributed by atoms with Gasteiger partial charge in [-0.1, -0.05) is 231 Å². The molecule has 0 atom stereocenters. The van der Waals surface area contributed by atoms with Gasteiger partial charge in [-0.15, -0.1) is 22.7 Å². The van der Waals surface area contributed by atoms with E-state index in [0.29, 0.717) is 0 Å². The molecule has 502 valence electrons. The van der Waals surface area contributed by atoms with E-state index in [0.717, 1.165) is 186 Å². The highest BCUT2D eigenvalue weighted by atomic mass is 32.1. The first-order chi connectivity index (χ1) is 53.0. The van der Waals surface area contributed by atoms with E-state index in [1.807, 2.05) is 12.1 Å². The first-order valence-electron chi connectivity index (χ1n) is 35.9. The summed E-state index contributed by atoms with van der Waals surface area (Å²) in [5, 5.41) is 8.19. The molecular formula is C98H60N4O3S2. The van der Waals surface area contributed by atoms with Crippen molar-refractivity contribution in [2.24, 2.45) is 0 Å². The van der Waals surface area contributed by atoms with E-state index in [9.17, 15) is 0 Å². The Bertz CT molecular complexity index is 6950. The Morgan fingerprint density at radius 2 is 0.664 bits per heavy atom. The minimum Gasteiger partial charge on any atom is -0.456 e. The quantitative estimate of drug-likeness (QED) is 0.107. The lowest BCUT2D eigenvalue weighted by Gasteiger charge is -2.26. The van der Waals surface area contributed by atoms with Crippen LogP contribution in [0.2, 0.25) is 0 Å². The Labute approximate surface area is 623 Å². The molecule has 0 amide bonds. The molecule has 21 rings (SSSR count). The predicted octanol–water partition coefficient (Wildman–Crippen LogP) is 28.9. The van der Waals surface area contributed by atoms with Crippen molar-refractivity contribution in [2.45, 2.75) is 0 Å². The van der Waals surface area contributed by atoms with E-state index < -0.39 is 0 Å². The maximum Gasteiger partial charge on any atom is 0.146 e. The van der Waals surface area contributed by atoms with Gasteiger partial charge < -0.3 is 23.1 Å². The lowest BCUT2D eigenvalue weighted by Crippen LogP contribution is -2.09. The molecule has 0 aliphatic rings. The first-order valence-corrected chi connectivity index (χ1v) is 37.5. The van der Waals surface area contributed by atoms with Crippen LogP contribution in [0.5, 0.6) is 0 Å². The zero-order valence-electron chi connectivity index (χ0n) is 57.5. The molecule has 0 saturated carbocycles. The van der Waals surface area contributed by atoms with Crippen LogP contribution >= 0.6 is 22.7 Å². The summed E-state index contributed by atoms with van der Waals surface area (Å²) in [4.78, 5) is 15.2. The average molecular weight is 1410 g/mol. The second-order valence-electron chi connectivity index (χ2n) is 27.1. The number of fused-ring (bicyclic) bond motifs is 13. The molecule has 0 spiro atoms. The Balaban J connectivity index is 0.587. The van der Waals surface area contributed by atoms with Crippen LogP contribution in [0.4, 0.5) is 34.1 Å². The van der Waals surface area contributed by atoms with Crippen LogP contribution in [0.15, 0.2) is 377 Å². The third-order valence-electron chi connectivity index (χ3n) is 20.8. The van der Waals surface area contributed by atoms with Crippen LogP contribution in [0.3, 0.4) is 0 Å². The first kappa shape index (κ1) is 61.9. The van der Waals surface area contributed by atoms with Gasteiger partial charge in [0.2, 0.25) is 0 Å². The molecule has 21 aromatic rings. The Morgan fingerprint density at radius 3 is 1.29 bits per heavy atom. The number of nitrogens with zero attached hydrogens (tertiary/aromatic N) is 4. The molecule has 0 saturated heterocycles.